The van der Waals surface area contributed by atoms with E-state index in [1.54, 1.807) is 24.3 Å². The van der Waals surface area contributed by atoms with E-state index >= 15 is 0 Å². The highest BCUT2D eigenvalue weighted by Crippen LogP contribution is 2.34. The van der Waals surface area contributed by atoms with Crippen molar-refractivity contribution in [3.05, 3.63) is 59.2 Å². The van der Waals surface area contributed by atoms with Crippen LogP contribution in [0.1, 0.15) is 36.8 Å². The van der Waals surface area contributed by atoms with Gasteiger partial charge in [-0.15, -0.1) is 5.10 Å². The lowest BCUT2D eigenvalue weighted by molar-refractivity contribution is -0.135. The highest BCUT2D eigenvalue weighted by atomic mass is 16.6. The first-order valence-corrected chi connectivity index (χ1v) is 8.87. The van der Waals surface area contributed by atoms with Crippen LogP contribution in [0, 0.1) is 13.8 Å². The summed E-state index contributed by atoms with van der Waals surface area (Å²) < 4.78 is 17.0. The average Bonchev–Trinajstić information content (AvgIpc) is 3.06. The van der Waals surface area contributed by atoms with Gasteiger partial charge in [0, 0.05) is 13.8 Å². The predicted molar refractivity (Wildman–Crippen MR) is 103 cm³/mol. The van der Waals surface area contributed by atoms with Gasteiger partial charge in [-0.2, -0.15) is 5.01 Å². The summed E-state index contributed by atoms with van der Waals surface area (Å²) in [5, 5.41) is 5.47. The molecule has 0 bridgehead atoms. The summed E-state index contributed by atoms with van der Waals surface area (Å²) >= 11 is 0. The van der Waals surface area contributed by atoms with Gasteiger partial charge in [0.15, 0.2) is 6.61 Å². The molecule has 1 heterocycles. The summed E-state index contributed by atoms with van der Waals surface area (Å²) in [7, 11) is 0. The molecule has 3 rings (SSSR count). The van der Waals surface area contributed by atoms with Gasteiger partial charge in [0.1, 0.15) is 11.5 Å². The highest BCUT2D eigenvalue weighted by Gasteiger charge is 2.35. The van der Waals surface area contributed by atoms with E-state index in [1.165, 1.54) is 18.9 Å². The number of amides is 1. The zero-order chi connectivity index (χ0) is 20.3. The van der Waals surface area contributed by atoms with Crippen LogP contribution in [0.2, 0.25) is 0 Å². The van der Waals surface area contributed by atoms with Crippen LogP contribution in [0.25, 0.3) is 0 Å². The van der Waals surface area contributed by atoms with Gasteiger partial charge >= 0.3 is 5.97 Å². The van der Waals surface area contributed by atoms with Crippen molar-refractivity contribution < 1.29 is 23.8 Å². The van der Waals surface area contributed by atoms with Crippen molar-refractivity contribution in [2.75, 3.05) is 6.61 Å². The van der Waals surface area contributed by atoms with E-state index in [4.69, 9.17) is 14.2 Å². The number of carbonyl (C=O) groups is 2. The van der Waals surface area contributed by atoms with Crippen LogP contribution >= 0.6 is 0 Å². The largest absolute Gasteiger partial charge is 0.483 e. The van der Waals surface area contributed by atoms with Gasteiger partial charge in [-0.3, -0.25) is 9.59 Å². The number of esters is 1. The first-order chi connectivity index (χ1) is 13.4. The number of hydrogen-bond acceptors (Lipinski definition) is 6. The van der Waals surface area contributed by atoms with Crippen molar-refractivity contribution in [1.82, 2.24) is 5.01 Å². The fourth-order valence-electron chi connectivity index (χ4n) is 2.96. The second-order valence-electron chi connectivity index (χ2n) is 6.47. The van der Waals surface area contributed by atoms with E-state index in [1.807, 2.05) is 32.0 Å². The third-order valence-corrected chi connectivity index (χ3v) is 4.20. The number of carbonyl (C=O) groups excluding carboxylic acids is 2. The minimum atomic E-state index is -0.829. The second-order valence-corrected chi connectivity index (χ2v) is 6.47. The maximum atomic E-state index is 12.1. The number of benzene rings is 2. The fraction of sp³-hybridized carbons (Fsp3) is 0.286. The summed E-state index contributed by atoms with van der Waals surface area (Å²) in [6, 6.07) is 12.8. The Morgan fingerprint density at radius 3 is 2.39 bits per heavy atom. The van der Waals surface area contributed by atoms with Gasteiger partial charge in [-0.05, 0) is 37.1 Å². The zero-order valence-corrected chi connectivity index (χ0v) is 16.3. The molecule has 0 aliphatic carbocycles. The molecule has 0 saturated heterocycles. The molecule has 146 valence electrons. The van der Waals surface area contributed by atoms with Crippen LogP contribution in [0.5, 0.6) is 11.5 Å². The van der Waals surface area contributed by atoms with Crippen LogP contribution < -0.4 is 9.47 Å². The molecule has 1 aliphatic rings. The van der Waals surface area contributed by atoms with Gasteiger partial charge in [0.2, 0.25) is 18.0 Å². The third kappa shape index (κ3) is 4.14. The standard InChI is InChI=1S/C21H22N2O5/c1-13-8-7-9-14(2)20(13)26-12-19-22-23(15(3)24)21(28-19)17-10-5-6-11-18(17)27-16(4)25/h5-11,21H,12H2,1-4H3. The SMILES string of the molecule is CC(=O)Oc1ccccc1C1OC(COc2c(C)cccc2C)=NN1C(C)=O. The van der Waals surface area contributed by atoms with Crippen molar-refractivity contribution >= 4 is 17.8 Å². The molecule has 0 aromatic heterocycles. The number of aryl methyl sites for hydroxylation is 2. The van der Waals surface area contributed by atoms with E-state index in [0.717, 1.165) is 16.9 Å². The Bertz CT molecular complexity index is 918. The molecular formula is C21H22N2O5. The smallest absolute Gasteiger partial charge is 0.308 e. The molecule has 1 aliphatic heterocycles. The summed E-state index contributed by atoms with van der Waals surface area (Å²) in [5.41, 5.74) is 2.52. The fourth-order valence-corrected chi connectivity index (χ4v) is 2.96. The van der Waals surface area contributed by atoms with Crippen molar-refractivity contribution in [3.8, 4) is 11.5 Å². The minimum absolute atomic E-state index is 0.0711. The number of rotatable bonds is 5. The third-order valence-electron chi connectivity index (χ3n) is 4.20. The molecule has 7 heteroatoms. The summed E-state index contributed by atoms with van der Waals surface area (Å²) in [4.78, 5) is 23.5. The topological polar surface area (TPSA) is 77.4 Å². The molecule has 0 N–H and O–H groups in total. The van der Waals surface area contributed by atoms with Crippen molar-refractivity contribution in [2.24, 2.45) is 5.10 Å². The van der Waals surface area contributed by atoms with Gasteiger partial charge in [-0.1, -0.05) is 30.3 Å². The van der Waals surface area contributed by atoms with Crippen molar-refractivity contribution in [3.63, 3.8) is 0 Å². The molecule has 7 nitrogen and oxygen atoms in total. The monoisotopic (exact) mass is 382 g/mol. The van der Waals surface area contributed by atoms with Crippen LogP contribution in [-0.4, -0.2) is 29.4 Å². The van der Waals surface area contributed by atoms with Crippen LogP contribution in [0.3, 0.4) is 0 Å². The molecule has 2 aromatic carbocycles. The average molecular weight is 382 g/mol. The highest BCUT2D eigenvalue weighted by molar-refractivity contribution is 5.84. The van der Waals surface area contributed by atoms with E-state index in [-0.39, 0.29) is 18.4 Å². The van der Waals surface area contributed by atoms with Crippen LogP contribution in [0.4, 0.5) is 0 Å². The molecule has 1 atom stereocenters. The first kappa shape index (κ1) is 19.4. The molecule has 0 fully saturated rings. The molecule has 0 radical (unpaired) electrons. The summed E-state index contributed by atoms with van der Waals surface area (Å²) in [6.07, 6.45) is -0.829. The molecule has 0 spiro atoms. The predicted octanol–water partition coefficient (Wildman–Crippen LogP) is 3.50. The molecular weight excluding hydrogens is 360 g/mol. The van der Waals surface area contributed by atoms with Gasteiger partial charge in [0.05, 0.1) is 5.56 Å². The van der Waals surface area contributed by atoms with E-state index < -0.39 is 12.2 Å². The maximum Gasteiger partial charge on any atom is 0.308 e. The number of hydrogen-bond donors (Lipinski definition) is 0. The van der Waals surface area contributed by atoms with Crippen LogP contribution in [0.15, 0.2) is 47.6 Å². The van der Waals surface area contributed by atoms with Gasteiger partial charge in [-0.25, -0.2) is 0 Å². The van der Waals surface area contributed by atoms with E-state index in [9.17, 15) is 9.59 Å². The lowest BCUT2D eigenvalue weighted by atomic mass is 10.1. The number of nitrogens with zero attached hydrogens (tertiary/aromatic N) is 2. The quantitative estimate of drug-likeness (QED) is 0.584. The molecule has 0 saturated carbocycles. The Hall–Kier alpha value is -3.35. The van der Waals surface area contributed by atoms with E-state index in [2.05, 4.69) is 5.10 Å². The van der Waals surface area contributed by atoms with Crippen LogP contribution in [-0.2, 0) is 14.3 Å². The molecule has 28 heavy (non-hydrogen) atoms. The number of hydrazone groups is 1. The second kappa shape index (κ2) is 8.12. The first-order valence-electron chi connectivity index (χ1n) is 8.87. The number of ether oxygens (including phenoxy) is 3. The Balaban J connectivity index is 1.81. The Labute approximate surface area is 163 Å². The Kier molecular flexibility index (Phi) is 5.63. The van der Waals surface area contributed by atoms with Gasteiger partial charge < -0.3 is 14.2 Å². The van der Waals surface area contributed by atoms with Crippen molar-refractivity contribution in [2.45, 2.75) is 33.9 Å². The van der Waals surface area contributed by atoms with Crippen molar-refractivity contribution in [1.29, 1.82) is 0 Å². The lowest BCUT2D eigenvalue weighted by Gasteiger charge is -2.21. The van der Waals surface area contributed by atoms with E-state index in [0.29, 0.717) is 11.3 Å². The van der Waals surface area contributed by atoms with Gasteiger partial charge in [0.25, 0.3) is 0 Å². The lowest BCUT2D eigenvalue weighted by Crippen LogP contribution is -2.26. The Morgan fingerprint density at radius 2 is 1.75 bits per heavy atom. The summed E-state index contributed by atoms with van der Waals surface area (Å²) in [5.74, 6) is 0.579. The molecule has 1 amide bonds. The molecule has 1 unspecified atom stereocenters. The zero-order valence-electron chi connectivity index (χ0n) is 16.3. The maximum absolute atomic E-state index is 12.1. The molecule has 2 aromatic rings. The minimum Gasteiger partial charge on any atom is -0.483 e. The normalized spacial score (nSPS) is 15.6. The Morgan fingerprint density at radius 1 is 1.07 bits per heavy atom. The summed E-state index contributed by atoms with van der Waals surface area (Å²) in [6.45, 7) is 6.69. The number of para-hydroxylation sites is 2.